The van der Waals surface area contributed by atoms with Crippen molar-refractivity contribution in [2.75, 3.05) is 0 Å². The number of aryl methyl sites for hydroxylation is 2. The van der Waals surface area contributed by atoms with E-state index in [2.05, 4.69) is 12.2 Å². The Labute approximate surface area is 167 Å². The molecule has 4 heteroatoms. The Morgan fingerprint density at radius 2 is 1.89 bits per heavy atom. The number of carbonyl (C=O) groups is 1. The molecule has 0 unspecified atom stereocenters. The molecule has 1 saturated carbocycles. The quantitative estimate of drug-likeness (QED) is 0.556. The lowest BCUT2D eigenvalue weighted by Gasteiger charge is -2.19. The molecule has 28 heavy (non-hydrogen) atoms. The first-order valence-electron chi connectivity index (χ1n) is 10.5. The van der Waals surface area contributed by atoms with Crippen molar-refractivity contribution in [3.8, 4) is 22.6 Å². The highest BCUT2D eigenvalue weighted by atomic mass is 16.3. The number of amides is 1. The van der Waals surface area contributed by atoms with Crippen molar-refractivity contribution in [3.05, 3.63) is 47.0 Å². The van der Waals surface area contributed by atoms with Crippen LogP contribution in [-0.2, 0) is 6.42 Å². The summed E-state index contributed by atoms with van der Waals surface area (Å²) in [6.07, 6.45) is 7.93. The van der Waals surface area contributed by atoms with E-state index in [4.69, 9.17) is 0 Å². The van der Waals surface area contributed by atoms with Gasteiger partial charge in [0.25, 0.3) is 5.91 Å². The summed E-state index contributed by atoms with van der Waals surface area (Å²) in [4.78, 5) is 13.1. The number of nitrogens with one attached hydrogen (secondary N) is 1. The Hall–Kier alpha value is -2.49. The van der Waals surface area contributed by atoms with Crippen LogP contribution in [0.15, 0.2) is 30.3 Å². The number of hydrogen-bond acceptors (Lipinski definition) is 3. The van der Waals surface area contributed by atoms with Gasteiger partial charge in [-0.3, -0.25) is 4.79 Å². The SMILES string of the molecule is CCCCCc1cc(O)c(-c2cccc(C)c2)c(O)c1C(=O)NC1CCCC1. The third kappa shape index (κ3) is 4.49. The first-order chi connectivity index (χ1) is 13.5. The van der Waals surface area contributed by atoms with Crippen LogP contribution in [0.4, 0.5) is 0 Å². The monoisotopic (exact) mass is 381 g/mol. The Bertz CT molecular complexity index is 838. The van der Waals surface area contributed by atoms with E-state index >= 15 is 0 Å². The zero-order chi connectivity index (χ0) is 20.1. The van der Waals surface area contributed by atoms with Gasteiger partial charge in [-0.25, -0.2) is 0 Å². The predicted molar refractivity (Wildman–Crippen MR) is 113 cm³/mol. The molecule has 2 aromatic rings. The highest BCUT2D eigenvalue weighted by Crippen LogP contribution is 2.42. The second kappa shape index (κ2) is 9.13. The number of phenols is 2. The highest BCUT2D eigenvalue weighted by molar-refractivity contribution is 6.02. The molecule has 0 atom stereocenters. The molecule has 1 aliphatic carbocycles. The van der Waals surface area contributed by atoms with E-state index in [1.54, 1.807) is 6.07 Å². The van der Waals surface area contributed by atoms with E-state index in [-0.39, 0.29) is 23.4 Å². The lowest BCUT2D eigenvalue weighted by molar-refractivity contribution is 0.0934. The van der Waals surface area contributed by atoms with Crippen molar-refractivity contribution in [2.24, 2.45) is 0 Å². The van der Waals surface area contributed by atoms with Crippen LogP contribution in [0.1, 0.15) is 73.4 Å². The molecule has 0 bridgehead atoms. The summed E-state index contributed by atoms with van der Waals surface area (Å²) in [6.45, 7) is 4.09. The van der Waals surface area contributed by atoms with Crippen molar-refractivity contribution in [2.45, 2.75) is 71.3 Å². The second-order valence-corrected chi connectivity index (χ2v) is 7.93. The maximum Gasteiger partial charge on any atom is 0.255 e. The minimum absolute atomic E-state index is 0.0204. The lowest BCUT2D eigenvalue weighted by Crippen LogP contribution is -2.33. The van der Waals surface area contributed by atoms with Gasteiger partial charge in [-0.2, -0.15) is 0 Å². The van der Waals surface area contributed by atoms with Gasteiger partial charge in [-0.15, -0.1) is 0 Å². The van der Waals surface area contributed by atoms with Gasteiger partial charge < -0.3 is 15.5 Å². The molecular formula is C24H31NO3. The topological polar surface area (TPSA) is 69.6 Å². The maximum atomic E-state index is 13.1. The van der Waals surface area contributed by atoms with E-state index in [0.717, 1.165) is 56.1 Å². The second-order valence-electron chi connectivity index (χ2n) is 7.93. The molecule has 0 aromatic heterocycles. The van der Waals surface area contributed by atoms with Crippen LogP contribution in [0.2, 0.25) is 0 Å². The highest BCUT2D eigenvalue weighted by Gasteiger charge is 2.26. The van der Waals surface area contributed by atoms with Gasteiger partial charge in [0.2, 0.25) is 0 Å². The molecule has 2 aromatic carbocycles. The smallest absolute Gasteiger partial charge is 0.255 e. The van der Waals surface area contributed by atoms with Gasteiger partial charge >= 0.3 is 0 Å². The van der Waals surface area contributed by atoms with E-state index in [0.29, 0.717) is 23.1 Å². The Morgan fingerprint density at radius 3 is 2.57 bits per heavy atom. The number of unbranched alkanes of at least 4 members (excludes halogenated alkanes) is 2. The molecule has 1 aliphatic rings. The van der Waals surface area contributed by atoms with Crippen molar-refractivity contribution < 1.29 is 15.0 Å². The van der Waals surface area contributed by atoms with E-state index in [1.807, 2.05) is 31.2 Å². The fraction of sp³-hybridized carbons (Fsp3) is 0.458. The standard InChI is InChI=1S/C24H31NO3/c1-3-4-5-10-18-15-20(26)21(17-11-8-9-16(2)14-17)23(27)22(18)24(28)25-19-12-6-7-13-19/h8-9,11,14-15,19,26-27H,3-7,10,12-13H2,1-2H3,(H,25,28). The molecule has 150 valence electrons. The molecule has 0 aliphatic heterocycles. The van der Waals surface area contributed by atoms with Gasteiger partial charge in [0.05, 0.1) is 11.1 Å². The van der Waals surface area contributed by atoms with Crippen molar-refractivity contribution in [3.63, 3.8) is 0 Å². The zero-order valence-electron chi connectivity index (χ0n) is 16.9. The summed E-state index contributed by atoms with van der Waals surface area (Å²) in [7, 11) is 0. The average molecular weight is 382 g/mol. The summed E-state index contributed by atoms with van der Waals surface area (Å²) in [5, 5.41) is 24.8. The van der Waals surface area contributed by atoms with Gasteiger partial charge in [0.1, 0.15) is 11.5 Å². The number of hydrogen-bond donors (Lipinski definition) is 3. The van der Waals surface area contributed by atoms with E-state index in [9.17, 15) is 15.0 Å². The van der Waals surface area contributed by atoms with Gasteiger partial charge in [0.15, 0.2) is 0 Å². The molecule has 0 saturated heterocycles. The Kier molecular flexibility index (Phi) is 6.61. The first-order valence-corrected chi connectivity index (χ1v) is 10.5. The van der Waals surface area contributed by atoms with Crippen molar-refractivity contribution in [1.82, 2.24) is 5.32 Å². The van der Waals surface area contributed by atoms with Crippen LogP contribution in [0.5, 0.6) is 11.5 Å². The number of aromatic hydroxyl groups is 2. The van der Waals surface area contributed by atoms with Gasteiger partial charge in [0, 0.05) is 6.04 Å². The van der Waals surface area contributed by atoms with E-state index in [1.165, 1.54) is 0 Å². The molecule has 0 spiro atoms. The fourth-order valence-corrected chi connectivity index (χ4v) is 4.14. The molecule has 0 radical (unpaired) electrons. The molecular weight excluding hydrogens is 350 g/mol. The largest absolute Gasteiger partial charge is 0.507 e. The summed E-state index contributed by atoms with van der Waals surface area (Å²) in [5.41, 5.74) is 3.11. The van der Waals surface area contributed by atoms with Gasteiger partial charge in [-0.05, 0) is 49.8 Å². The number of phenolic OH excluding ortho intramolecular Hbond substituents is 2. The first kappa shape index (κ1) is 20.2. The summed E-state index contributed by atoms with van der Waals surface area (Å²) < 4.78 is 0. The van der Waals surface area contributed by atoms with Crippen molar-refractivity contribution >= 4 is 5.91 Å². The van der Waals surface area contributed by atoms with Crippen LogP contribution in [0.3, 0.4) is 0 Å². The zero-order valence-corrected chi connectivity index (χ0v) is 16.9. The molecule has 3 rings (SSSR count). The lowest BCUT2D eigenvalue weighted by atomic mass is 9.92. The third-order valence-electron chi connectivity index (χ3n) is 5.64. The van der Waals surface area contributed by atoms with E-state index < -0.39 is 0 Å². The molecule has 4 nitrogen and oxygen atoms in total. The third-order valence-corrected chi connectivity index (χ3v) is 5.64. The molecule has 3 N–H and O–H groups in total. The minimum atomic E-state index is -0.232. The molecule has 0 heterocycles. The normalized spacial score (nSPS) is 14.4. The molecule has 1 amide bonds. The number of carbonyl (C=O) groups excluding carboxylic acids is 1. The Morgan fingerprint density at radius 1 is 1.14 bits per heavy atom. The molecule has 1 fully saturated rings. The van der Waals surface area contributed by atoms with Crippen LogP contribution in [0, 0.1) is 6.92 Å². The van der Waals surface area contributed by atoms with Crippen LogP contribution >= 0.6 is 0 Å². The van der Waals surface area contributed by atoms with Gasteiger partial charge in [-0.1, -0.05) is 62.4 Å². The fourth-order valence-electron chi connectivity index (χ4n) is 4.14. The maximum absolute atomic E-state index is 13.1. The summed E-state index contributed by atoms with van der Waals surface area (Å²) in [6, 6.07) is 9.44. The summed E-state index contributed by atoms with van der Waals surface area (Å²) >= 11 is 0. The number of rotatable bonds is 7. The predicted octanol–water partition coefficient (Wildman–Crippen LogP) is 5.48. The van der Waals surface area contributed by atoms with Crippen molar-refractivity contribution in [1.29, 1.82) is 0 Å². The van der Waals surface area contributed by atoms with Crippen LogP contribution in [-0.4, -0.2) is 22.2 Å². The van der Waals surface area contributed by atoms with Crippen LogP contribution < -0.4 is 5.32 Å². The number of benzene rings is 2. The summed E-state index contributed by atoms with van der Waals surface area (Å²) in [5.74, 6) is -0.329. The Balaban J connectivity index is 2.03. The minimum Gasteiger partial charge on any atom is -0.507 e. The average Bonchev–Trinajstić information content (AvgIpc) is 3.14. The van der Waals surface area contributed by atoms with Crippen LogP contribution in [0.25, 0.3) is 11.1 Å².